The summed E-state index contributed by atoms with van der Waals surface area (Å²) in [6, 6.07) is 13.0. The predicted molar refractivity (Wildman–Crippen MR) is 74.9 cm³/mol. The lowest BCUT2D eigenvalue weighted by molar-refractivity contribution is 0.716. The Balaban J connectivity index is 2.29. The van der Waals surface area contributed by atoms with E-state index >= 15 is 0 Å². The molecule has 2 rings (SSSR count). The molecule has 0 saturated heterocycles. The van der Waals surface area contributed by atoms with Gasteiger partial charge in [-0.1, -0.05) is 56.2 Å². The fraction of sp³-hybridized carbons (Fsp3) is 0.333. The maximum atomic E-state index is 3.73. The van der Waals surface area contributed by atoms with E-state index in [2.05, 4.69) is 59.3 Å². The maximum Gasteiger partial charge on any atom is 0.0285 e. The van der Waals surface area contributed by atoms with E-state index in [1.54, 1.807) is 0 Å². The van der Waals surface area contributed by atoms with Crippen LogP contribution in [0.4, 0.5) is 0 Å². The largest absolute Gasteiger partial charge is 0.0654 e. The van der Waals surface area contributed by atoms with Gasteiger partial charge in [0.05, 0.1) is 0 Å². The van der Waals surface area contributed by atoms with Gasteiger partial charge in [-0.2, -0.15) is 0 Å². The molecule has 0 atom stereocenters. The summed E-state index contributed by atoms with van der Waals surface area (Å²) >= 11 is 3.73. The van der Waals surface area contributed by atoms with Crippen LogP contribution < -0.4 is 0 Å². The highest BCUT2D eigenvalue weighted by Crippen LogP contribution is 2.28. The number of aryl methyl sites for hydroxylation is 1. The van der Waals surface area contributed by atoms with Crippen molar-refractivity contribution >= 4 is 26.7 Å². The molecule has 16 heavy (non-hydrogen) atoms. The second-order valence-electron chi connectivity index (χ2n) is 4.22. The zero-order chi connectivity index (χ0) is 11.4. The molecule has 0 aliphatic carbocycles. The zero-order valence-corrected chi connectivity index (χ0v) is 11.3. The number of halogens is 1. The van der Waals surface area contributed by atoms with Crippen molar-refractivity contribution in [3.63, 3.8) is 0 Å². The fourth-order valence-electron chi connectivity index (χ4n) is 2.04. The van der Waals surface area contributed by atoms with Crippen molar-refractivity contribution in [3.8, 4) is 0 Å². The molecule has 0 amide bonds. The van der Waals surface area contributed by atoms with Gasteiger partial charge in [0.1, 0.15) is 0 Å². The van der Waals surface area contributed by atoms with Gasteiger partial charge in [0.15, 0.2) is 0 Å². The molecule has 0 bridgehead atoms. The standard InChI is InChI=1S/C15H17Br/c1-2-3-4-8-13-11-10-12-7-5-6-9-14(12)15(13)16/h5-7,9-11H,2-4,8H2,1H3. The summed E-state index contributed by atoms with van der Waals surface area (Å²) in [4.78, 5) is 0. The number of hydrogen-bond acceptors (Lipinski definition) is 0. The first-order valence-corrected chi connectivity index (χ1v) is 6.78. The Kier molecular flexibility index (Phi) is 4.00. The van der Waals surface area contributed by atoms with Crippen molar-refractivity contribution in [3.05, 3.63) is 46.4 Å². The topological polar surface area (TPSA) is 0 Å². The van der Waals surface area contributed by atoms with Gasteiger partial charge in [-0.15, -0.1) is 0 Å². The third-order valence-corrected chi connectivity index (χ3v) is 3.93. The highest BCUT2D eigenvalue weighted by Gasteiger charge is 2.03. The van der Waals surface area contributed by atoms with Crippen molar-refractivity contribution in [2.75, 3.05) is 0 Å². The molecule has 2 aromatic rings. The minimum absolute atomic E-state index is 1.18. The molecule has 0 nitrogen and oxygen atoms in total. The number of rotatable bonds is 4. The molecule has 0 heterocycles. The van der Waals surface area contributed by atoms with E-state index in [0.29, 0.717) is 0 Å². The Morgan fingerprint density at radius 2 is 1.81 bits per heavy atom. The molecule has 0 unspecified atom stereocenters. The summed E-state index contributed by atoms with van der Waals surface area (Å²) < 4.78 is 1.28. The number of benzene rings is 2. The van der Waals surface area contributed by atoms with Crippen LogP contribution in [0.1, 0.15) is 31.7 Å². The van der Waals surface area contributed by atoms with Crippen LogP contribution in [0.15, 0.2) is 40.9 Å². The molecule has 84 valence electrons. The Morgan fingerprint density at radius 3 is 2.62 bits per heavy atom. The monoisotopic (exact) mass is 276 g/mol. The predicted octanol–water partition coefficient (Wildman–Crippen LogP) is 5.34. The normalized spacial score (nSPS) is 10.9. The smallest absolute Gasteiger partial charge is 0.0285 e. The van der Waals surface area contributed by atoms with Crippen LogP contribution in [0, 0.1) is 0 Å². The summed E-state index contributed by atoms with van der Waals surface area (Å²) in [6.07, 6.45) is 5.07. The molecule has 1 heteroatoms. The molecule has 0 aliphatic heterocycles. The van der Waals surface area contributed by atoms with Gasteiger partial charge in [0.25, 0.3) is 0 Å². The zero-order valence-electron chi connectivity index (χ0n) is 9.67. The highest BCUT2D eigenvalue weighted by atomic mass is 79.9. The lowest BCUT2D eigenvalue weighted by Gasteiger charge is -2.07. The third-order valence-electron chi connectivity index (χ3n) is 2.99. The van der Waals surface area contributed by atoms with E-state index in [1.807, 2.05) is 0 Å². The average Bonchev–Trinajstić information content (AvgIpc) is 2.33. The molecule has 2 aromatic carbocycles. The summed E-state index contributed by atoms with van der Waals surface area (Å²) in [5.41, 5.74) is 1.44. The molecule has 0 radical (unpaired) electrons. The van der Waals surface area contributed by atoms with E-state index in [1.165, 1.54) is 46.5 Å². The van der Waals surface area contributed by atoms with Gasteiger partial charge in [-0.3, -0.25) is 0 Å². The second kappa shape index (κ2) is 5.49. The van der Waals surface area contributed by atoms with Crippen molar-refractivity contribution in [1.82, 2.24) is 0 Å². The quantitative estimate of drug-likeness (QED) is 0.662. The molecule has 0 fully saturated rings. The lowest BCUT2D eigenvalue weighted by atomic mass is 10.0. The molecular weight excluding hydrogens is 260 g/mol. The van der Waals surface area contributed by atoms with Crippen LogP contribution in [0.5, 0.6) is 0 Å². The number of fused-ring (bicyclic) bond motifs is 1. The summed E-state index contributed by atoms with van der Waals surface area (Å²) in [5.74, 6) is 0. The third kappa shape index (κ3) is 2.46. The van der Waals surface area contributed by atoms with E-state index in [9.17, 15) is 0 Å². The van der Waals surface area contributed by atoms with Crippen LogP contribution in [-0.2, 0) is 6.42 Å². The highest BCUT2D eigenvalue weighted by molar-refractivity contribution is 9.10. The van der Waals surface area contributed by atoms with Gasteiger partial charge in [-0.25, -0.2) is 0 Å². The van der Waals surface area contributed by atoms with Crippen molar-refractivity contribution in [2.24, 2.45) is 0 Å². The Bertz CT molecular complexity index is 474. The van der Waals surface area contributed by atoms with Crippen LogP contribution in [0.3, 0.4) is 0 Å². The maximum absolute atomic E-state index is 3.73. The molecular formula is C15H17Br. The summed E-state index contributed by atoms with van der Waals surface area (Å²) in [6.45, 7) is 2.25. The average molecular weight is 277 g/mol. The van der Waals surface area contributed by atoms with Crippen LogP contribution >= 0.6 is 15.9 Å². The van der Waals surface area contributed by atoms with Gasteiger partial charge in [0.2, 0.25) is 0 Å². The van der Waals surface area contributed by atoms with Gasteiger partial charge < -0.3 is 0 Å². The molecule has 0 aliphatic rings. The van der Waals surface area contributed by atoms with Crippen LogP contribution in [0.2, 0.25) is 0 Å². The molecule has 0 aromatic heterocycles. The SMILES string of the molecule is CCCCCc1ccc2ccccc2c1Br. The van der Waals surface area contributed by atoms with E-state index < -0.39 is 0 Å². The Morgan fingerprint density at radius 1 is 1.00 bits per heavy atom. The Hall–Kier alpha value is -0.820. The van der Waals surface area contributed by atoms with Gasteiger partial charge in [0, 0.05) is 4.47 Å². The minimum Gasteiger partial charge on any atom is -0.0654 e. The summed E-state index contributed by atoms with van der Waals surface area (Å²) in [7, 11) is 0. The van der Waals surface area contributed by atoms with Crippen molar-refractivity contribution in [1.29, 1.82) is 0 Å². The van der Waals surface area contributed by atoms with Gasteiger partial charge >= 0.3 is 0 Å². The fourth-order valence-corrected chi connectivity index (χ4v) is 2.73. The van der Waals surface area contributed by atoms with E-state index in [0.717, 1.165) is 0 Å². The summed E-state index contributed by atoms with van der Waals surface area (Å²) in [5, 5.41) is 2.64. The first-order chi connectivity index (χ1) is 7.83. The van der Waals surface area contributed by atoms with Crippen molar-refractivity contribution in [2.45, 2.75) is 32.6 Å². The number of hydrogen-bond donors (Lipinski definition) is 0. The molecule has 0 N–H and O–H groups in total. The Labute approximate surface area is 106 Å². The van der Waals surface area contributed by atoms with Crippen LogP contribution in [-0.4, -0.2) is 0 Å². The first kappa shape index (κ1) is 11.7. The number of unbranched alkanes of at least 4 members (excludes halogenated alkanes) is 2. The van der Waals surface area contributed by atoms with Crippen LogP contribution in [0.25, 0.3) is 10.8 Å². The van der Waals surface area contributed by atoms with E-state index in [-0.39, 0.29) is 0 Å². The van der Waals surface area contributed by atoms with Gasteiger partial charge in [-0.05, 0) is 45.1 Å². The van der Waals surface area contributed by atoms with E-state index in [4.69, 9.17) is 0 Å². The second-order valence-corrected chi connectivity index (χ2v) is 5.01. The van der Waals surface area contributed by atoms with Crippen molar-refractivity contribution < 1.29 is 0 Å². The minimum atomic E-state index is 1.18. The molecule has 0 spiro atoms. The first-order valence-electron chi connectivity index (χ1n) is 5.99. The molecule has 0 saturated carbocycles. The lowest BCUT2D eigenvalue weighted by Crippen LogP contribution is -1.88.